The lowest BCUT2D eigenvalue weighted by Gasteiger charge is -2.61. The molecule has 0 aliphatic heterocycles. The average Bonchev–Trinajstić information content (AvgIpc) is 2.99. The van der Waals surface area contributed by atoms with Gasteiger partial charge in [-0.15, -0.1) is 0 Å². The highest BCUT2D eigenvalue weighted by Crippen LogP contribution is 2.66. The van der Waals surface area contributed by atoms with Crippen LogP contribution in [0, 0.1) is 52.3 Å². The van der Waals surface area contributed by atoms with Crippen molar-refractivity contribution in [2.45, 2.75) is 105 Å². The molecule has 0 radical (unpaired) electrons. The summed E-state index contributed by atoms with van der Waals surface area (Å²) in [5.41, 5.74) is 1.01. The largest absolute Gasteiger partial charge is 0.393 e. The lowest BCUT2D eigenvalue weighted by Crippen LogP contribution is -2.54. The fraction of sp³-hybridized carbons (Fsp3) is 0.926. The van der Waals surface area contributed by atoms with Crippen molar-refractivity contribution in [3.63, 3.8) is 0 Å². The molecule has 0 aromatic rings. The first-order chi connectivity index (χ1) is 13.3. The van der Waals surface area contributed by atoms with Crippen LogP contribution in [0.15, 0.2) is 12.2 Å². The summed E-state index contributed by atoms with van der Waals surface area (Å²) in [5, 5.41) is 10.2. The fourth-order valence-corrected chi connectivity index (χ4v) is 8.59. The third-order valence-electron chi connectivity index (χ3n) is 10.3. The number of rotatable bonds is 5. The van der Waals surface area contributed by atoms with Crippen LogP contribution >= 0.6 is 0 Å². The minimum absolute atomic E-state index is 0.0223. The van der Waals surface area contributed by atoms with Crippen molar-refractivity contribution < 1.29 is 5.11 Å². The topological polar surface area (TPSA) is 20.2 Å². The van der Waals surface area contributed by atoms with Gasteiger partial charge >= 0.3 is 0 Å². The SMILES string of the molecule is CC(C)CCC[C@@H](C)[C@H]1C=C[C@H]2[C@@H]3CC[C@H]4C[C@@H](O)CC[C@]4(C)[C@H]3CC[C@]12C. The maximum Gasteiger partial charge on any atom is 0.0543 e. The predicted octanol–water partition coefficient (Wildman–Crippen LogP) is 7.24. The molecule has 3 saturated carbocycles. The summed E-state index contributed by atoms with van der Waals surface area (Å²) in [5.74, 6) is 5.86. The third-order valence-corrected chi connectivity index (χ3v) is 10.3. The van der Waals surface area contributed by atoms with Crippen molar-refractivity contribution in [2.24, 2.45) is 52.3 Å². The van der Waals surface area contributed by atoms with E-state index in [1.807, 2.05) is 0 Å². The second-order valence-corrected chi connectivity index (χ2v) is 12.3. The van der Waals surface area contributed by atoms with Gasteiger partial charge in [0.1, 0.15) is 0 Å². The summed E-state index contributed by atoms with van der Waals surface area (Å²) in [6, 6.07) is 0. The van der Waals surface area contributed by atoms with Gasteiger partial charge in [0.05, 0.1) is 6.10 Å². The van der Waals surface area contributed by atoms with E-state index in [1.165, 1.54) is 51.4 Å². The highest BCUT2D eigenvalue weighted by Gasteiger charge is 2.59. The Bertz CT molecular complexity index is 579. The minimum Gasteiger partial charge on any atom is -0.393 e. The summed E-state index contributed by atoms with van der Waals surface area (Å²) >= 11 is 0. The van der Waals surface area contributed by atoms with E-state index in [0.29, 0.717) is 10.8 Å². The van der Waals surface area contributed by atoms with Crippen molar-refractivity contribution in [3.05, 3.63) is 12.2 Å². The van der Waals surface area contributed by atoms with E-state index in [-0.39, 0.29) is 6.10 Å². The quantitative estimate of drug-likeness (QED) is 0.493. The molecule has 0 bridgehead atoms. The van der Waals surface area contributed by atoms with Gasteiger partial charge in [-0.3, -0.25) is 0 Å². The number of allylic oxidation sites excluding steroid dienone is 2. The third kappa shape index (κ3) is 3.42. The molecule has 28 heavy (non-hydrogen) atoms. The molecule has 0 saturated heterocycles. The summed E-state index contributed by atoms with van der Waals surface area (Å²) in [6.07, 6.45) is 18.5. The number of aliphatic hydroxyl groups is 1. The van der Waals surface area contributed by atoms with Crippen LogP contribution in [0.3, 0.4) is 0 Å². The molecule has 0 heterocycles. The predicted molar refractivity (Wildman–Crippen MR) is 119 cm³/mol. The zero-order valence-corrected chi connectivity index (χ0v) is 19.3. The monoisotopic (exact) mass is 386 g/mol. The van der Waals surface area contributed by atoms with E-state index in [2.05, 4.69) is 46.8 Å². The Hall–Kier alpha value is -0.300. The average molecular weight is 387 g/mol. The van der Waals surface area contributed by atoms with Crippen molar-refractivity contribution in [2.75, 3.05) is 0 Å². The van der Waals surface area contributed by atoms with Gasteiger partial charge in [-0.1, -0.05) is 66.0 Å². The number of hydrogen-bond acceptors (Lipinski definition) is 1. The van der Waals surface area contributed by atoms with Crippen LogP contribution in [0.5, 0.6) is 0 Å². The maximum absolute atomic E-state index is 10.2. The van der Waals surface area contributed by atoms with Crippen molar-refractivity contribution >= 4 is 0 Å². The van der Waals surface area contributed by atoms with Gasteiger partial charge in [-0.25, -0.2) is 0 Å². The first-order valence-corrected chi connectivity index (χ1v) is 12.6. The Labute approximate surface area is 174 Å². The molecule has 0 aromatic heterocycles. The molecule has 4 aliphatic rings. The van der Waals surface area contributed by atoms with Crippen molar-refractivity contribution in [1.82, 2.24) is 0 Å². The van der Waals surface area contributed by atoms with Gasteiger partial charge in [0, 0.05) is 0 Å². The second-order valence-electron chi connectivity index (χ2n) is 12.3. The minimum atomic E-state index is -0.0223. The molecule has 9 atom stereocenters. The first-order valence-electron chi connectivity index (χ1n) is 12.6. The van der Waals surface area contributed by atoms with E-state index in [4.69, 9.17) is 0 Å². The molecule has 0 amide bonds. The number of hydrogen-bond donors (Lipinski definition) is 1. The second kappa shape index (κ2) is 7.75. The molecule has 0 spiro atoms. The zero-order chi connectivity index (χ0) is 20.1. The van der Waals surface area contributed by atoms with Gasteiger partial charge in [-0.2, -0.15) is 0 Å². The van der Waals surface area contributed by atoms with Crippen LogP contribution in [-0.4, -0.2) is 11.2 Å². The molecule has 0 unspecified atom stereocenters. The molecule has 4 rings (SSSR count). The Morgan fingerprint density at radius 2 is 1.68 bits per heavy atom. The Balaban J connectivity index is 1.47. The van der Waals surface area contributed by atoms with Crippen LogP contribution in [0.1, 0.15) is 98.8 Å². The number of aliphatic hydroxyl groups excluding tert-OH is 1. The first kappa shape index (κ1) is 21.0. The Kier molecular flexibility index (Phi) is 5.80. The summed E-state index contributed by atoms with van der Waals surface area (Å²) in [4.78, 5) is 0. The molecule has 0 aromatic carbocycles. The molecule has 4 aliphatic carbocycles. The van der Waals surface area contributed by atoms with Gasteiger partial charge in [0.15, 0.2) is 0 Å². The maximum atomic E-state index is 10.2. The number of fused-ring (bicyclic) bond motifs is 5. The molecule has 3 fully saturated rings. The van der Waals surface area contributed by atoms with E-state index >= 15 is 0 Å². The van der Waals surface area contributed by atoms with Crippen LogP contribution in [0.25, 0.3) is 0 Å². The van der Waals surface area contributed by atoms with E-state index < -0.39 is 0 Å². The van der Waals surface area contributed by atoms with Crippen LogP contribution in [-0.2, 0) is 0 Å². The van der Waals surface area contributed by atoms with Gasteiger partial charge in [-0.05, 0) is 97.2 Å². The summed E-state index contributed by atoms with van der Waals surface area (Å²) in [6.45, 7) is 12.5. The van der Waals surface area contributed by atoms with Crippen LogP contribution in [0.2, 0.25) is 0 Å². The molecular weight excluding hydrogens is 340 g/mol. The van der Waals surface area contributed by atoms with Gasteiger partial charge in [0.25, 0.3) is 0 Å². The molecule has 160 valence electrons. The standard InChI is InChI=1S/C27H46O/c1-18(2)7-6-8-19(3)23-11-12-24-22-10-9-20-17-21(28)13-15-26(20,4)25(22)14-16-27(23,24)5/h11-12,18-25,28H,6-10,13-17H2,1-5H3/t19-,20+,21+,22+,23-,24+,25+,26+,27-/m1/s1. The molecule has 1 N–H and O–H groups in total. The van der Waals surface area contributed by atoms with E-state index in [1.54, 1.807) is 0 Å². The molecular formula is C27H46O. The van der Waals surface area contributed by atoms with Crippen molar-refractivity contribution in [1.29, 1.82) is 0 Å². The highest BCUT2D eigenvalue weighted by atomic mass is 16.3. The zero-order valence-electron chi connectivity index (χ0n) is 19.3. The normalized spacial score (nSPS) is 48.8. The van der Waals surface area contributed by atoms with Gasteiger partial charge in [0.2, 0.25) is 0 Å². The van der Waals surface area contributed by atoms with Crippen molar-refractivity contribution in [3.8, 4) is 0 Å². The smallest absolute Gasteiger partial charge is 0.0543 e. The lowest BCUT2D eigenvalue weighted by atomic mass is 9.44. The highest BCUT2D eigenvalue weighted by molar-refractivity contribution is 5.19. The Morgan fingerprint density at radius 3 is 2.43 bits per heavy atom. The summed E-state index contributed by atoms with van der Waals surface area (Å²) < 4.78 is 0. The van der Waals surface area contributed by atoms with E-state index in [0.717, 1.165) is 54.3 Å². The fourth-order valence-electron chi connectivity index (χ4n) is 8.59. The van der Waals surface area contributed by atoms with Crippen LogP contribution < -0.4 is 0 Å². The lowest BCUT2D eigenvalue weighted by molar-refractivity contribution is -0.123. The molecule has 1 nitrogen and oxygen atoms in total. The van der Waals surface area contributed by atoms with Gasteiger partial charge < -0.3 is 5.11 Å². The Morgan fingerprint density at radius 1 is 0.929 bits per heavy atom. The molecule has 1 heteroatoms. The summed E-state index contributed by atoms with van der Waals surface area (Å²) in [7, 11) is 0. The van der Waals surface area contributed by atoms with Crippen LogP contribution in [0.4, 0.5) is 0 Å². The van der Waals surface area contributed by atoms with E-state index in [9.17, 15) is 5.11 Å².